The molecule has 5 rings (SSSR count). The molecule has 2 aliphatic rings. The van der Waals surface area contributed by atoms with Gasteiger partial charge in [-0.15, -0.1) is 0 Å². The van der Waals surface area contributed by atoms with E-state index >= 15 is 0 Å². The van der Waals surface area contributed by atoms with Gasteiger partial charge in [0.1, 0.15) is 11.6 Å². The second-order valence-electron chi connectivity index (χ2n) is 8.71. The molecule has 2 aromatic carbocycles. The van der Waals surface area contributed by atoms with E-state index in [2.05, 4.69) is 32.2 Å². The molecule has 0 unspecified atom stereocenters. The molecule has 1 amide bonds. The van der Waals surface area contributed by atoms with Crippen LogP contribution in [0.25, 0.3) is 0 Å². The third-order valence-corrected chi connectivity index (χ3v) is 6.41. The molecule has 3 aromatic rings. The summed E-state index contributed by atoms with van der Waals surface area (Å²) in [7, 11) is 1.65. The van der Waals surface area contributed by atoms with Gasteiger partial charge in [0.2, 0.25) is 6.79 Å². The number of methoxy groups -OCH3 is 1. The van der Waals surface area contributed by atoms with Gasteiger partial charge in [-0.2, -0.15) is 0 Å². The van der Waals surface area contributed by atoms with Gasteiger partial charge < -0.3 is 24.4 Å². The van der Waals surface area contributed by atoms with Gasteiger partial charge in [0.25, 0.3) is 5.91 Å². The molecule has 1 saturated heterocycles. The van der Waals surface area contributed by atoms with Crippen LogP contribution in [0.5, 0.6) is 17.2 Å². The van der Waals surface area contributed by atoms with Crippen LogP contribution in [-0.2, 0) is 13.0 Å². The van der Waals surface area contributed by atoms with Crippen molar-refractivity contribution < 1.29 is 19.0 Å². The van der Waals surface area contributed by atoms with Crippen LogP contribution in [0.4, 0.5) is 5.82 Å². The van der Waals surface area contributed by atoms with E-state index in [-0.39, 0.29) is 5.91 Å². The maximum atomic E-state index is 12.7. The van der Waals surface area contributed by atoms with Crippen molar-refractivity contribution >= 4 is 11.7 Å². The second kappa shape index (κ2) is 10.7. The largest absolute Gasteiger partial charge is 0.497 e. The Balaban J connectivity index is 1.11. The summed E-state index contributed by atoms with van der Waals surface area (Å²) in [4.78, 5) is 21.9. The van der Waals surface area contributed by atoms with Gasteiger partial charge in [-0.1, -0.05) is 18.2 Å². The highest BCUT2D eigenvalue weighted by molar-refractivity contribution is 5.94. The van der Waals surface area contributed by atoms with Crippen LogP contribution in [-0.4, -0.2) is 62.4 Å². The minimum absolute atomic E-state index is 0.0800. The molecule has 0 radical (unpaired) electrons. The fraction of sp³-hybridized carbons (Fsp3) is 0.333. The van der Waals surface area contributed by atoms with Crippen LogP contribution in [0.2, 0.25) is 0 Å². The molecular formula is C27H30N4O4. The molecule has 3 heterocycles. The summed E-state index contributed by atoms with van der Waals surface area (Å²) < 4.78 is 16.1. The zero-order valence-corrected chi connectivity index (χ0v) is 19.9. The molecule has 35 heavy (non-hydrogen) atoms. The number of piperazine rings is 1. The summed E-state index contributed by atoms with van der Waals surface area (Å²) in [6.07, 6.45) is 2.48. The van der Waals surface area contributed by atoms with Gasteiger partial charge in [0.15, 0.2) is 11.5 Å². The quantitative estimate of drug-likeness (QED) is 0.538. The topological polar surface area (TPSA) is 76.2 Å². The lowest BCUT2D eigenvalue weighted by Crippen LogP contribution is -2.46. The number of amides is 1. The van der Waals surface area contributed by atoms with Crippen molar-refractivity contribution in [3.63, 3.8) is 0 Å². The summed E-state index contributed by atoms with van der Waals surface area (Å²) in [5.41, 5.74) is 3.00. The highest BCUT2D eigenvalue weighted by atomic mass is 16.7. The predicted molar refractivity (Wildman–Crippen MR) is 133 cm³/mol. The standard InChI is InChI=1S/C27H30N4O4/c1-33-23-5-2-20(3-6-23)8-10-29-27(32)22-9-11-28-26(17-22)31-14-12-30(13-15-31)18-21-4-7-24-25(16-21)35-19-34-24/h2-7,9,11,16-17H,8,10,12-15,18-19H2,1H3,(H,29,32). The van der Waals surface area contributed by atoms with Crippen molar-refractivity contribution in [1.82, 2.24) is 15.2 Å². The van der Waals surface area contributed by atoms with Crippen molar-refractivity contribution in [2.45, 2.75) is 13.0 Å². The van der Waals surface area contributed by atoms with Crippen molar-refractivity contribution in [1.29, 1.82) is 0 Å². The average Bonchev–Trinajstić information content (AvgIpc) is 3.37. The normalized spacial score (nSPS) is 15.2. The Morgan fingerprint density at radius 3 is 2.54 bits per heavy atom. The number of rotatable bonds is 8. The number of hydrogen-bond acceptors (Lipinski definition) is 7. The lowest BCUT2D eigenvalue weighted by Gasteiger charge is -2.35. The van der Waals surface area contributed by atoms with Crippen molar-refractivity contribution in [2.24, 2.45) is 0 Å². The van der Waals surface area contributed by atoms with E-state index in [4.69, 9.17) is 14.2 Å². The zero-order chi connectivity index (χ0) is 24.0. The van der Waals surface area contributed by atoms with E-state index in [1.54, 1.807) is 19.4 Å². The van der Waals surface area contributed by atoms with E-state index in [0.717, 1.165) is 67.8 Å². The zero-order valence-electron chi connectivity index (χ0n) is 19.9. The van der Waals surface area contributed by atoms with E-state index in [1.165, 1.54) is 5.56 Å². The summed E-state index contributed by atoms with van der Waals surface area (Å²) in [5.74, 6) is 3.23. The summed E-state index contributed by atoms with van der Waals surface area (Å²) in [5, 5.41) is 3.01. The van der Waals surface area contributed by atoms with Gasteiger partial charge in [0, 0.05) is 51.0 Å². The number of nitrogens with zero attached hydrogens (tertiary/aromatic N) is 3. The first-order chi connectivity index (χ1) is 17.2. The van der Waals surface area contributed by atoms with Crippen LogP contribution in [0.15, 0.2) is 60.8 Å². The number of fused-ring (bicyclic) bond motifs is 1. The van der Waals surface area contributed by atoms with Crippen LogP contribution in [0, 0.1) is 0 Å². The minimum atomic E-state index is -0.0800. The Morgan fingerprint density at radius 2 is 1.74 bits per heavy atom. The van der Waals surface area contributed by atoms with Crippen LogP contribution in [0.3, 0.4) is 0 Å². The lowest BCUT2D eigenvalue weighted by molar-refractivity contribution is 0.0954. The molecule has 0 saturated carbocycles. The Bertz CT molecular complexity index is 1160. The molecule has 0 aliphatic carbocycles. The number of anilines is 1. The van der Waals surface area contributed by atoms with Gasteiger partial charge >= 0.3 is 0 Å². The first-order valence-electron chi connectivity index (χ1n) is 11.9. The number of pyridine rings is 1. The highest BCUT2D eigenvalue weighted by Crippen LogP contribution is 2.33. The predicted octanol–water partition coefficient (Wildman–Crippen LogP) is 3.11. The number of hydrogen-bond donors (Lipinski definition) is 1. The molecule has 1 aromatic heterocycles. The SMILES string of the molecule is COc1ccc(CCNC(=O)c2ccnc(N3CCN(Cc4ccc5c(c4)OCO5)CC3)c2)cc1. The molecule has 0 spiro atoms. The van der Waals surface area contributed by atoms with E-state index < -0.39 is 0 Å². The van der Waals surface area contributed by atoms with Gasteiger partial charge in [-0.05, 0) is 53.9 Å². The summed E-state index contributed by atoms with van der Waals surface area (Å²) in [6, 6.07) is 17.7. The van der Waals surface area contributed by atoms with Crippen molar-refractivity contribution in [2.75, 3.05) is 51.5 Å². The Labute approximate surface area is 205 Å². The van der Waals surface area contributed by atoms with Gasteiger partial charge in [0.05, 0.1) is 7.11 Å². The fourth-order valence-electron chi connectivity index (χ4n) is 4.38. The monoisotopic (exact) mass is 474 g/mol. The molecule has 1 fully saturated rings. The first kappa shape index (κ1) is 23.0. The smallest absolute Gasteiger partial charge is 0.251 e. The van der Waals surface area contributed by atoms with Crippen LogP contribution >= 0.6 is 0 Å². The molecule has 182 valence electrons. The van der Waals surface area contributed by atoms with Crippen LogP contribution in [0.1, 0.15) is 21.5 Å². The van der Waals surface area contributed by atoms with E-state index in [0.29, 0.717) is 18.9 Å². The maximum Gasteiger partial charge on any atom is 0.251 e. The maximum absolute atomic E-state index is 12.7. The minimum Gasteiger partial charge on any atom is -0.497 e. The molecule has 0 atom stereocenters. The third-order valence-electron chi connectivity index (χ3n) is 6.41. The first-order valence-corrected chi connectivity index (χ1v) is 11.9. The molecular weight excluding hydrogens is 444 g/mol. The molecule has 8 nitrogen and oxygen atoms in total. The van der Waals surface area contributed by atoms with Crippen LogP contribution < -0.4 is 24.4 Å². The molecule has 0 bridgehead atoms. The number of aromatic nitrogens is 1. The van der Waals surface area contributed by atoms with Gasteiger partial charge in [-0.3, -0.25) is 9.69 Å². The highest BCUT2D eigenvalue weighted by Gasteiger charge is 2.20. The number of benzene rings is 2. The Kier molecular flexibility index (Phi) is 6.99. The fourth-order valence-corrected chi connectivity index (χ4v) is 4.38. The summed E-state index contributed by atoms with van der Waals surface area (Å²) in [6.45, 7) is 5.31. The summed E-state index contributed by atoms with van der Waals surface area (Å²) >= 11 is 0. The molecule has 2 aliphatic heterocycles. The second-order valence-corrected chi connectivity index (χ2v) is 8.71. The lowest BCUT2D eigenvalue weighted by atomic mass is 10.1. The number of nitrogens with one attached hydrogen (secondary N) is 1. The average molecular weight is 475 g/mol. The van der Waals surface area contributed by atoms with Crippen molar-refractivity contribution in [3.05, 3.63) is 77.5 Å². The Hall–Kier alpha value is -3.78. The number of carbonyl (C=O) groups excluding carboxylic acids is 1. The van der Waals surface area contributed by atoms with Gasteiger partial charge in [-0.25, -0.2) is 4.98 Å². The molecule has 1 N–H and O–H groups in total. The van der Waals surface area contributed by atoms with E-state index in [9.17, 15) is 4.79 Å². The molecule has 8 heteroatoms. The third kappa shape index (κ3) is 5.66. The Morgan fingerprint density at radius 1 is 0.971 bits per heavy atom. The van der Waals surface area contributed by atoms with Crippen molar-refractivity contribution in [3.8, 4) is 17.2 Å². The number of ether oxygens (including phenoxy) is 3. The van der Waals surface area contributed by atoms with E-state index in [1.807, 2.05) is 36.4 Å². The number of carbonyl (C=O) groups is 1.